The minimum Gasteiger partial charge on any atom is -0.314 e. The lowest BCUT2D eigenvalue weighted by molar-refractivity contribution is 0.0240. The van der Waals surface area contributed by atoms with Crippen molar-refractivity contribution in [2.75, 3.05) is 13.1 Å². The highest BCUT2D eigenvalue weighted by Gasteiger charge is 2.37. The van der Waals surface area contributed by atoms with Crippen LogP contribution in [0.25, 0.3) is 0 Å². The Kier molecular flexibility index (Phi) is 4.66. The molecule has 2 nitrogen and oxygen atoms in total. The Morgan fingerprint density at radius 2 is 1.81 bits per heavy atom. The summed E-state index contributed by atoms with van der Waals surface area (Å²) < 4.78 is 0. The molecule has 0 amide bonds. The predicted molar refractivity (Wildman–Crippen MR) is 69.7 cm³/mol. The summed E-state index contributed by atoms with van der Waals surface area (Å²) in [5.74, 6) is 0. The van der Waals surface area contributed by atoms with Crippen LogP contribution in [0.2, 0.25) is 0 Å². The lowest BCUT2D eigenvalue weighted by atomic mass is 9.81. The summed E-state index contributed by atoms with van der Waals surface area (Å²) in [7, 11) is 0. The largest absolute Gasteiger partial charge is 0.314 e. The first-order valence-corrected chi connectivity index (χ1v) is 7.34. The van der Waals surface area contributed by atoms with Crippen molar-refractivity contribution >= 4 is 0 Å². The molecular formula is C14H28N2. The van der Waals surface area contributed by atoms with Gasteiger partial charge in [0.2, 0.25) is 0 Å². The first-order valence-electron chi connectivity index (χ1n) is 7.34. The smallest absolute Gasteiger partial charge is 0.0113 e. The zero-order chi connectivity index (χ0) is 11.4. The van der Waals surface area contributed by atoms with Gasteiger partial charge < -0.3 is 5.32 Å². The van der Waals surface area contributed by atoms with E-state index in [0.717, 1.165) is 24.7 Å². The van der Waals surface area contributed by atoms with E-state index < -0.39 is 0 Å². The molecule has 2 saturated heterocycles. The van der Waals surface area contributed by atoms with Gasteiger partial charge in [0.05, 0.1) is 0 Å². The third-order valence-electron chi connectivity index (χ3n) is 4.39. The molecule has 2 atom stereocenters. The Bertz CT molecular complexity index is 191. The maximum Gasteiger partial charge on any atom is 0.0113 e. The van der Waals surface area contributed by atoms with Gasteiger partial charge in [0.25, 0.3) is 0 Å². The highest BCUT2D eigenvalue weighted by molar-refractivity contribution is 4.94. The molecule has 2 aliphatic rings. The molecule has 2 heteroatoms. The third-order valence-corrected chi connectivity index (χ3v) is 4.39. The van der Waals surface area contributed by atoms with Crippen molar-refractivity contribution in [1.29, 1.82) is 0 Å². The zero-order valence-electron chi connectivity index (χ0n) is 11.0. The van der Waals surface area contributed by atoms with Crippen molar-refractivity contribution in [2.24, 2.45) is 0 Å². The van der Waals surface area contributed by atoms with Crippen LogP contribution in [0.15, 0.2) is 0 Å². The molecule has 0 radical (unpaired) electrons. The van der Waals surface area contributed by atoms with Gasteiger partial charge in [0.15, 0.2) is 0 Å². The average Bonchev–Trinajstić information content (AvgIpc) is 2.26. The lowest BCUT2D eigenvalue weighted by Gasteiger charge is -2.49. The minimum atomic E-state index is 0.804. The first-order chi connectivity index (χ1) is 7.85. The molecular weight excluding hydrogens is 196 g/mol. The molecule has 0 aromatic carbocycles. The van der Waals surface area contributed by atoms with Crippen molar-refractivity contribution in [3.8, 4) is 0 Å². The van der Waals surface area contributed by atoms with E-state index in [0.29, 0.717) is 0 Å². The maximum absolute atomic E-state index is 3.66. The van der Waals surface area contributed by atoms with E-state index in [4.69, 9.17) is 0 Å². The molecule has 0 aliphatic carbocycles. The number of nitrogens with one attached hydrogen (secondary N) is 1. The topological polar surface area (TPSA) is 15.3 Å². The second kappa shape index (κ2) is 6.02. The number of piperidine rings is 2. The third kappa shape index (κ3) is 2.78. The van der Waals surface area contributed by atoms with Crippen molar-refractivity contribution in [3.63, 3.8) is 0 Å². The summed E-state index contributed by atoms with van der Waals surface area (Å²) in [6.07, 6.45) is 9.88. The molecule has 2 bridgehead atoms. The highest BCUT2D eigenvalue weighted by Crippen LogP contribution is 2.34. The molecule has 1 N–H and O–H groups in total. The van der Waals surface area contributed by atoms with Crippen LogP contribution in [0.1, 0.15) is 58.8 Å². The predicted octanol–water partition coefficient (Wildman–Crippen LogP) is 2.78. The van der Waals surface area contributed by atoms with Crippen LogP contribution < -0.4 is 5.32 Å². The average molecular weight is 224 g/mol. The minimum absolute atomic E-state index is 0.804. The monoisotopic (exact) mass is 224 g/mol. The molecule has 94 valence electrons. The van der Waals surface area contributed by atoms with E-state index in [-0.39, 0.29) is 0 Å². The quantitative estimate of drug-likeness (QED) is 0.772. The Morgan fingerprint density at radius 1 is 1.12 bits per heavy atom. The molecule has 2 rings (SSSR count). The fourth-order valence-electron chi connectivity index (χ4n) is 3.64. The van der Waals surface area contributed by atoms with E-state index in [1.165, 1.54) is 51.5 Å². The Morgan fingerprint density at radius 3 is 2.38 bits per heavy atom. The zero-order valence-corrected chi connectivity index (χ0v) is 11.0. The Labute approximate surface area is 101 Å². The normalized spacial score (nSPS) is 35.2. The summed E-state index contributed by atoms with van der Waals surface area (Å²) in [6.45, 7) is 7.03. The van der Waals surface area contributed by atoms with Crippen LogP contribution >= 0.6 is 0 Å². The van der Waals surface area contributed by atoms with Crippen molar-refractivity contribution in [2.45, 2.75) is 76.9 Å². The van der Waals surface area contributed by atoms with E-state index >= 15 is 0 Å². The number of unbranched alkanes of at least 4 members (excludes halogenated alkanes) is 1. The number of hydrogen-bond acceptors (Lipinski definition) is 2. The molecule has 2 heterocycles. The van der Waals surface area contributed by atoms with Crippen LogP contribution in [0, 0.1) is 0 Å². The second-order valence-electron chi connectivity index (χ2n) is 5.56. The van der Waals surface area contributed by atoms with E-state index in [2.05, 4.69) is 24.1 Å². The summed E-state index contributed by atoms with van der Waals surface area (Å²) in [4.78, 5) is 2.83. The van der Waals surface area contributed by atoms with E-state index in [1.807, 2.05) is 0 Å². The Balaban J connectivity index is 1.91. The van der Waals surface area contributed by atoms with Gasteiger partial charge in [-0.1, -0.05) is 26.7 Å². The molecule has 0 saturated carbocycles. The highest BCUT2D eigenvalue weighted by atomic mass is 15.2. The van der Waals surface area contributed by atoms with E-state index in [1.54, 1.807) is 0 Å². The maximum atomic E-state index is 3.66. The molecule has 16 heavy (non-hydrogen) atoms. The van der Waals surface area contributed by atoms with Gasteiger partial charge in [0.1, 0.15) is 0 Å². The Hall–Kier alpha value is -0.0800. The number of nitrogens with zero attached hydrogens (tertiary/aromatic N) is 1. The van der Waals surface area contributed by atoms with Crippen LogP contribution in [0.5, 0.6) is 0 Å². The van der Waals surface area contributed by atoms with Crippen molar-refractivity contribution in [3.05, 3.63) is 0 Å². The fourth-order valence-corrected chi connectivity index (χ4v) is 3.64. The van der Waals surface area contributed by atoms with Gasteiger partial charge in [-0.2, -0.15) is 0 Å². The van der Waals surface area contributed by atoms with Crippen LogP contribution in [-0.2, 0) is 0 Å². The molecule has 0 spiro atoms. The van der Waals surface area contributed by atoms with Crippen LogP contribution in [0.3, 0.4) is 0 Å². The number of rotatable bonds is 5. The standard InChI is InChI=1S/C14H28N2/c1-3-5-9-16-13-7-6-8-14(16)11-12(10-13)15-4-2/h12-15H,3-11H2,1-2H3. The van der Waals surface area contributed by atoms with Gasteiger partial charge in [-0.05, 0) is 45.2 Å². The van der Waals surface area contributed by atoms with Gasteiger partial charge >= 0.3 is 0 Å². The summed E-state index contributed by atoms with van der Waals surface area (Å²) in [6, 6.07) is 2.59. The molecule has 2 unspecified atom stereocenters. The molecule has 0 aromatic rings. The lowest BCUT2D eigenvalue weighted by Crippen LogP contribution is -2.56. The summed E-state index contributed by atoms with van der Waals surface area (Å²) in [5.41, 5.74) is 0. The fraction of sp³-hybridized carbons (Fsp3) is 1.00. The SMILES string of the molecule is CCCCN1C2CCCC1CC(NCC)C2. The first kappa shape index (κ1) is 12.4. The second-order valence-corrected chi connectivity index (χ2v) is 5.56. The van der Waals surface area contributed by atoms with E-state index in [9.17, 15) is 0 Å². The van der Waals surface area contributed by atoms with Gasteiger partial charge in [-0.15, -0.1) is 0 Å². The van der Waals surface area contributed by atoms with Crippen LogP contribution in [0.4, 0.5) is 0 Å². The molecule has 0 aromatic heterocycles. The van der Waals surface area contributed by atoms with Gasteiger partial charge in [-0.25, -0.2) is 0 Å². The van der Waals surface area contributed by atoms with Gasteiger partial charge in [0, 0.05) is 18.1 Å². The summed E-state index contributed by atoms with van der Waals surface area (Å²) >= 11 is 0. The summed E-state index contributed by atoms with van der Waals surface area (Å²) in [5, 5.41) is 3.66. The van der Waals surface area contributed by atoms with Crippen LogP contribution in [-0.4, -0.2) is 36.1 Å². The molecule has 2 fully saturated rings. The van der Waals surface area contributed by atoms with Crippen molar-refractivity contribution < 1.29 is 0 Å². The molecule has 2 aliphatic heterocycles. The van der Waals surface area contributed by atoms with Crippen molar-refractivity contribution in [1.82, 2.24) is 10.2 Å². The number of fused-ring (bicyclic) bond motifs is 2. The van der Waals surface area contributed by atoms with Gasteiger partial charge in [-0.3, -0.25) is 4.90 Å². The number of hydrogen-bond donors (Lipinski definition) is 1.